The van der Waals surface area contributed by atoms with Crippen molar-refractivity contribution < 1.29 is 18.4 Å². The van der Waals surface area contributed by atoms with E-state index in [1.165, 1.54) is 6.92 Å². The van der Waals surface area contributed by atoms with Crippen LogP contribution >= 0.6 is 12.4 Å². The van der Waals surface area contributed by atoms with Gasteiger partial charge in [-0.05, 0) is 26.3 Å². The summed E-state index contributed by atoms with van der Waals surface area (Å²) in [6.07, 6.45) is 1.35. The molecule has 0 aliphatic carbocycles. The van der Waals surface area contributed by atoms with Crippen LogP contribution in [-0.2, 0) is 9.59 Å². The monoisotopic (exact) mass is 347 g/mol. The normalized spacial score (nSPS) is 20.3. The number of nitrogens with one attached hydrogen (secondary N) is 3. The fraction of sp³-hybridized carbons (Fsp3) is 0.467. The van der Waals surface area contributed by atoms with Gasteiger partial charge in [0.15, 0.2) is 11.6 Å². The summed E-state index contributed by atoms with van der Waals surface area (Å²) in [4.78, 5) is 23.4. The van der Waals surface area contributed by atoms with Crippen LogP contribution in [0.3, 0.4) is 0 Å². The predicted octanol–water partition coefficient (Wildman–Crippen LogP) is 2.67. The maximum absolute atomic E-state index is 13.4. The zero-order chi connectivity index (χ0) is 16.3. The zero-order valence-electron chi connectivity index (χ0n) is 12.9. The second-order valence-corrected chi connectivity index (χ2v) is 5.56. The van der Waals surface area contributed by atoms with Gasteiger partial charge in [-0.3, -0.25) is 9.59 Å². The molecule has 1 aromatic rings. The Labute approximate surface area is 139 Å². The Bertz CT molecular complexity index is 598. The molecule has 0 spiro atoms. The van der Waals surface area contributed by atoms with Gasteiger partial charge in [-0.1, -0.05) is 0 Å². The number of piperidine rings is 1. The topological polar surface area (TPSA) is 70.2 Å². The van der Waals surface area contributed by atoms with E-state index in [1.807, 2.05) is 6.92 Å². The van der Waals surface area contributed by atoms with Crippen LogP contribution < -0.4 is 16.0 Å². The summed E-state index contributed by atoms with van der Waals surface area (Å²) in [5.41, 5.74) is 0.104. The van der Waals surface area contributed by atoms with Crippen molar-refractivity contribution in [3.05, 3.63) is 23.8 Å². The molecule has 1 heterocycles. The lowest BCUT2D eigenvalue weighted by Gasteiger charge is -2.27. The molecule has 1 aromatic carbocycles. The molecule has 8 heteroatoms. The van der Waals surface area contributed by atoms with E-state index in [0.717, 1.165) is 18.7 Å². The molecule has 5 nitrogen and oxygen atoms in total. The average Bonchev–Trinajstić information content (AvgIpc) is 2.43. The second kappa shape index (κ2) is 8.21. The highest BCUT2D eigenvalue weighted by atomic mass is 35.5. The van der Waals surface area contributed by atoms with Crippen molar-refractivity contribution in [1.29, 1.82) is 0 Å². The number of benzene rings is 1. The quantitative estimate of drug-likeness (QED) is 0.787. The van der Waals surface area contributed by atoms with Crippen LogP contribution in [-0.4, -0.2) is 24.4 Å². The van der Waals surface area contributed by atoms with Crippen molar-refractivity contribution in [2.45, 2.75) is 32.7 Å². The highest BCUT2D eigenvalue weighted by molar-refractivity contribution is 5.99. The van der Waals surface area contributed by atoms with E-state index < -0.39 is 17.5 Å². The van der Waals surface area contributed by atoms with E-state index in [-0.39, 0.29) is 41.6 Å². The van der Waals surface area contributed by atoms with Crippen molar-refractivity contribution in [3.8, 4) is 0 Å². The van der Waals surface area contributed by atoms with E-state index >= 15 is 0 Å². The highest BCUT2D eigenvalue weighted by Gasteiger charge is 2.25. The third-order valence-corrected chi connectivity index (χ3v) is 3.62. The molecular formula is C15H20ClF2N3O2. The van der Waals surface area contributed by atoms with Crippen LogP contribution in [0.5, 0.6) is 0 Å². The smallest absolute Gasteiger partial charge is 0.227 e. The minimum Gasteiger partial charge on any atom is -0.324 e. The number of rotatable bonds is 3. The Balaban J connectivity index is 0.00000264. The number of hydrogen-bond acceptors (Lipinski definition) is 3. The minimum atomic E-state index is -1.09. The lowest BCUT2D eigenvalue weighted by molar-refractivity contribution is -0.121. The van der Waals surface area contributed by atoms with Crippen LogP contribution in [0.4, 0.5) is 20.2 Å². The van der Waals surface area contributed by atoms with Gasteiger partial charge < -0.3 is 16.0 Å². The molecule has 0 radical (unpaired) electrons. The van der Waals surface area contributed by atoms with Gasteiger partial charge >= 0.3 is 0 Å². The van der Waals surface area contributed by atoms with Gasteiger partial charge in [0, 0.05) is 31.0 Å². The molecule has 1 aliphatic rings. The molecule has 0 bridgehead atoms. The summed E-state index contributed by atoms with van der Waals surface area (Å²) in [7, 11) is 0. The lowest BCUT2D eigenvalue weighted by atomic mass is 9.92. The van der Waals surface area contributed by atoms with Crippen LogP contribution in [0.15, 0.2) is 12.1 Å². The predicted molar refractivity (Wildman–Crippen MR) is 86.7 cm³/mol. The van der Waals surface area contributed by atoms with E-state index in [2.05, 4.69) is 16.0 Å². The van der Waals surface area contributed by atoms with Gasteiger partial charge in [-0.2, -0.15) is 0 Å². The average molecular weight is 348 g/mol. The Hall–Kier alpha value is -1.73. The standard InChI is InChI=1S/C15H19F2N3O2.ClH/c1-8-5-10(3-4-18-8)15(22)20-14-7-12(17)11(16)6-13(14)19-9(2)21;/h6-8,10,18H,3-5H2,1-2H3,(H,19,21)(H,20,22);1H/t8-,10-;/m0./s1. The SMILES string of the molecule is CC(=O)Nc1cc(F)c(F)cc1NC(=O)[C@H]1CCN[C@@H](C)C1.Cl. The molecule has 0 saturated carbocycles. The number of halogens is 3. The van der Waals surface area contributed by atoms with Crippen LogP contribution in [0.1, 0.15) is 26.7 Å². The minimum absolute atomic E-state index is 0. The van der Waals surface area contributed by atoms with Gasteiger partial charge in [0.25, 0.3) is 0 Å². The first-order chi connectivity index (χ1) is 10.4. The first kappa shape index (κ1) is 19.3. The molecule has 0 aromatic heterocycles. The van der Waals surface area contributed by atoms with E-state index in [0.29, 0.717) is 12.8 Å². The first-order valence-electron chi connectivity index (χ1n) is 7.17. The Morgan fingerprint density at radius 1 is 1.17 bits per heavy atom. The molecule has 2 rings (SSSR count). The van der Waals surface area contributed by atoms with Crippen LogP contribution in [0.2, 0.25) is 0 Å². The molecule has 23 heavy (non-hydrogen) atoms. The fourth-order valence-electron chi connectivity index (χ4n) is 2.55. The summed E-state index contributed by atoms with van der Waals surface area (Å²) in [5, 5.41) is 8.21. The van der Waals surface area contributed by atoms with Crippen molar-refractivity contribution >= 4 is 35.6 Å². The molecule has 2 atom stereocenters. The highest BCUT2D eigenvalue weighted by Crippen LogP contribution is 2.27. The molecule has 128 valence electrons. The number of amides is 2. The van der Waals surface area contributed by atoms with Gasteiger partial charge in [0.1, 0.15) is 0 Å². The molecule has 1 aliphatic heterocycles. The number of hydrogen-bond donors (Lipinski definition) is 3. The maximum Gasteiger partial charge on any atom is 0.227 e. The second-order valence-electron chi connectivity index (χ2n) is 5.56. The van der Waals surface area contributed by atoms with E-state index in [1.54, 1.807) is 0 Å². The number of anilines is 2. The van der Waals surface area contributed by atoms with Crippen LogP contribution in [0, 0.1) is 17.6 Å². The summed E-state index contributed by atoms with van der Waals surface area (Å²) in [5.74, 6) is -3.06. The molecule has 2 amide bonds. The molecule has 1 fully saturated rings. The van der Waals surface area contributed by atoms with Crippen molar-refractivity contribution in [1.82, 2.24) is 5.32 Å². The summed E-state index contributed by atoms with van der Waals surface area (Å²) in [6, 6.07) is 1.96. The molecule has 1 saturated heterocycles. The fourth-order valence-corrected chi connectivity index (χ4v) is 2.55. The summed E-state index contributed by atoms with van der Waals surface area (Å²) < 4.78 is 26.7. The summed E-state index contributed by atoms with van der Waals surface area (Å²) >= 11 is 0. The van der Waals surface area contributed by atoms with Crippen molar-refractivity contribution in [2.24, 2.45) is 5.92 Å². The van der Waals surface area contributed by atoms with Crippen molar-refractivity contribution in [2.75, 3.05) is 17.2 Å². The molecular weight excluding hydrogens is 328 g/mol. The van der Waals surface area contributed by atoms with E-state index in [4.69, 9.17) is 0 Å². The number of carbonyl (C=O) groups excluding carboxylic acids is 2. The van der Waals surface area contributed by atoms with Gasteiger partial charge in [0.05, 0.1) is 11.4 Å². The van der Waals surface area contributed by atoms with Crippen molar-refractivity contribution in [3.63, 3.8) is 0 Å². The Kier molecular flexibility index (Phi) is 6.90. The Morgan fingerprint density at radius 3 is 2.26 bits per heavy atom. The number of carbonyl (C=O) groups is 2. The molecule has 0 unspecified atom stereocenters. The van der Waals surface area contributed by atoms with Gasteiger partial charge in [0.2, 0.25) is 11.8 Å². The third kappa shape index (κ3) is 5.14. The zero-order valence-corrected chi connectivity index (χ0v) is 13.7. The Morgan fingerprint density at radius 2 is 1.74 bits per heavy atom. The lowest BCUT2D eigenvalue weighted by Crippen LogP contribution is -2.40. The largest absolute Gasteiger partial charge is 0.324 e. The van der Waals surface area contributed by atoms with E-state index in [9.17, 15) is 18.4 Å². The van der Waals surface area contributed by atoms with Crippen LogP contribution in [0.25, 0.3) is 0 Å². The molecule has 3 N–H and O–H groups in total. The third-order valence-electron chi connectivity index (χ3n) is 3.62. The summed E-state index contributed by atoms with van der Waals surface area (Å²) in [6.45, 7) is 3.97. The first-order valence-corrected chi connectivity index (χ1v) is 7.17. The van der Waals surface area contributed by atoms with Gasteiger partial charge in [-0.25, -0.2) is 8.78 Å². The van der Waals surface area contributed by atoms with Gasteiger partial charge in [-0.15, -0.1) is 12.4 Å². The maximum atomic E-state index is 13.4.